The molecule has 4 rings (SSSR count). The lowest BCUT2D eigenvalue weighted by molar-refractivity contribution is 0.0735. The lowest BCUT2D eigenvalue weighted by Crippen LogP contribution is -2.30. The zero-order valence-electron chi connectivity index (χ0n) is 17.1. The summed E-state index contributed by atoms with van der Waals surface area (Å²) >= 11 is 0. The summed E-state index contributed by atoms with van der Waals surface area (Å²) in [5.41, 5.74) is 3.12. The number of rotatable bonds is 5. The number of benzene rings is 2. The number of furan rings is 1. The van der Waals surface area contributed by atoms with Gasteiger partial charge in [-0.3, -0.25) is 9.59 Å². The number of amides is 2. The lowest BCUT2D eigenvalue weighted by atomic mass is 10.0. The van der Waals surface area contributed by atoms with Crippen molar-refractivity contribution in [1.29, 1.82) is 0 Å². The van der Waals surface area contributed by atoms with Crippen LogP contribution in [-0.4, -0.2) is 30.4 Å². The molecule has 1 aromatic heterocycles. The van der Waals surface area contributed by atoms with E-state index in [1.54, 1.807) is 25.3 Å². The van der Waals surface area contributed by atoms with E-state index in [1.165, 1.54) is 6.26 Å². The zero-order chi connectivity index (χ0) is 21.1. The molecule has 0 radical (unpaired) electrons. The quantitative estimate of drug-likeness (QED) is 0.661. The summed E-state index contributed by atoms with van der Waals surface area (Å²) in [6.45, 7) is 2.60. The van der Waals surface area contributed by atoms with Gasteiger partial charge in [-0.05, 0) is 67.3 Å². The van der Waals surface area contributed by atoms with Gasteiger partial charge in [-0.2, -0.15) is 0 Å². The van der Waals surface area contributed by atoms with E-state index >= 15 is 0 Å². The number of ether oxygens (including phenoxy) is 1. The maximum atomic E-state index is 13.3. The molecule has 0 spiro atoms. The van der Waals surface area contributed by atoms with Crippen LogP contribution < -0.4 is 10.1 Å². The largest absolute Gasteiger partial charge is 0.497 e. The lowest BCUT2D eigenvalue weighted by Gasteiger charge is -2.25. The Kier molecular flexibility index (Phi) is 5.57. The molecular formula is C24H24N2O4. The van der Waals surface area contributed by atoms with Gasteiger partial charge in [0, 0.05) is 17.8 Å². The molecule has 0 aliphatic carbocycles. The van der Waals surface area contributed by atoms with E-state index in [9.17, 15) is 9.59 Å². The smallest absolute Gasteiger partial charge is 0.291 e. The molecule has 3 aromatic rings. The Bertz CT molecular complexity index is 1040. The van der Waals surface area contributed by atoms with Crippen LogP contribution >= 0.6 is 0 Å². The summed E-state index contributed by atoms with van der Waals surface area (Å²) in [6, 6.07) is 16.6. The van der Waals surface area contributed by atoms with E-state index in [1.807, 2.05) is 48.2 Å². The van der Waals surface area contributed by atoms with Crippen molar-refractivity contribution in [3.05, 3.63) is 83.3 Å². The van der Waals surface area contributed by atoms with Gasteiger partial charge in [0.1, 0.15) is 5.75 Å². The SMILES string of the molecule is COc1ccc(C2CCCN2C(=O)c2ccc(C)c(NC(=O)c3ccco3)c2)cc1. The van der Waals surface area contributed by atoms with Crippen molar-refractivity contribution in [2.45, 2.75) is 25.8 Å². The summed E-state index contributed by atoms with van der Waals surface area (Å²) in [7, 11) is 1.64. The van der Waals surface area contributed by atoms with E-state index in [-0.39, 0.29) is 23.6 Å². The number of likely N-dealkylation sites (tertiary alicyclic amines) is 1. The van der Waals surface area contributed by atoms with Crippen LogP contribution in [0.25, 0.3) is 0 Å². The van der Waals surface area contributed by atoms with Crippen LogP contribution in [0.5, 0.6) is 5.75 Å². The highest BCUT2D eigenvalue weighted by Crippen LogP contribution is 2.34. The number of carbonyl (C=O) groups excluding carboxylic acids is 2. The van der Waals surface area contributed by atoms with E-state index < -0.39 is 0 Å². The summed E-state index contributed by atoms with van der Waals surface area (Å²) in [5.74, 6) is 0.641. The standard InChI is InChI=1S/C24H24N2O4/c1-16-7-8-18(15-20(16)25-23(27)22-6-4-14-30-22)24(28)26-13-3-5-21(26)17-9-11-19(29-2)12-10-17/h4,6-12,14-15,21H,3,5,13H2,1-2H3,(H,25,27). The minimum absolute atomic E-state index is 0.0332. The first-order valence-corrected chi connectivity index (χ1v) is 9.97. The molecule has 6 heteroatoms. The average Bonchev–Trinajstić information content (AvgIpc) is 3.47. The molecule has 1 N–H and O–H groups in total. The third kappa shape index (κ3) is 3.94. The Morgan fingerprint density at radius 2 is 1.93 bits per heavy atom. The van der Waals surface area contributed by atoms with Crippen molar-refractivity contribution in [3.8, 4) is 5.75 Å². The highest BCUT2D eigenvalue weighted by atomic mass is 16.5. The third-order valence-electron chi connectivity index (χ3n) is 5.49. The van der Waals surface area contributed by atoms with Gasteiger partial charge in [0.05, 0.1) is 19.4 Å². The highest BCUT2D eigenvalue weighted by Gasteiger charge is 2.31. The predicted molar refractivity (Wildman–Crippen MR) is 114 cm³/mol. The van der Waals surface area contributed by atoms with Gasteiger partial charge in [-0.25, -0.2) is 0 Å². The zero-order valence-corrected chi connectivity index (χ0v) is 17.1. The minimum atomic E-state index is -0.343. The molecule has 1 unspecified atom stereocenters. The normalized spacial score (nSPS) is 15.8. The van der Waals surface area contributed by atoms with Gasteiger partial charge in [-0.15, -0.1) is 0 Å². The van der Waals surface area contributed by atoms with E-state index in [4.69, 9.17) is 9.15 Å². The van der Waals surface area contributed by atoms with Gasteiger partial charge in [0.15, 0.2) is 5.76 Å². The third-order valence-corrected chi connectivity index (χ3v) is 5.49. The fourth-order valence-electron chi connectivity index (χ4n) is 3.83. The Morgan fingerprint density at radius 3 is 2.63 bits per heavy atom. The molecule has 0 bridgehead atoms. The molecule has 30 heavy (non-hydrogen) atoms. The minimum Gasteiger partial charge on any atom is -0.497 e. The number of carbonyl (C=O) groups is 2. The first kappa shape index (κ1) is 19.8. The Morgan fingerprint density at radius 1 is 1.13 bits per heavy atom. The van der Waals surface area contributed by atoms with Gasteiger partial charge in [-0.1, -0.05) is 18.2 Å². The number of hydrogen-bond acceptors (Lipinski definition) is 4. The number of anilines is 1. The number of aryl methyl sites for hydroxylation is 1. The molecule has 2 heterocycles. The number of nitrogens with zero attached hydrogens (tertiary/aromatic N) is 1. The first-order valence-electron chi connectivity index (χ1n) is 9.97. The number of methoxy groups -OCH3 is 1. The Labute approximate surface area is 175 Å². The van der Waals surface area contributed by atoms with Crippen molar-refractivity contribution < 1.29 is 18.7 Å². The summed E-state index contributed by atoms with van der Waals surface area (Å²) in [6.07, 6.45) is 3.33. The molecule has 6 nitrogen and oxygen atoms in total. The van der Waals surface area contributed by atoms with Crippen LogP contribution in [0, 0.1) is 6.92 Å². The fraction of sp³-hybridized carbons (Fsp3) is 0.250. The fourth-order valence-corrected chi connectivity index (χ4v) is 3.83. The Balaban J connectivity index is 1.55. The molecule has 1 atom stereocenters. The van der Waals surface area contributed by atoms with Crippen LogP contribution in [0.15, 0.2) is 65.3 Å². The molecule has 1 aliphatic heterocycles. The monoisotopic (exact) mass is 404 g/mol. The van der Waals surface area contributed by atoms with Gasteiger partial charge >= 0.3 is 0 Å². The van der Waals surface area contributed by atoms with Crippen molar-refractivity contribution in [1.82, 2.24) is 4.90 Å². The van der Waals surface area contributed by atoms with Gasteiger partial charge in [0.2, 0.25) is 0 Å². The molecule has 1 aliphatic rings. The predicted octanol–water partition coefficient (Wildman–Crippen LogP) is 4.83. The highest BCUT2D eigenvalue weighted by molar-refractivity contribution is 6.04. The second-order valence-electron chi connectivity index (χ2n) is 7.39. The molecule has 154 valence electrons. The van der Waals surface area contributed by atoms with E-state index in [0.29, 0.717) is 17.8 Å². The molecule has 2 aromatic carbocycles. The van der Waals surface area contributed by atoms with Crippen molar-refractivity contribution in [3.63, 3.8) is 0 Å². The molecule has 1 saturated heterocycles. The maximum Gasteiger partial charge on any atom is 0.291 e. The first-order chi connectivity index (χ1) is 14.6. The van der Waals surface area contributed by atoms with E-state index in [2.05, 4.69) is 5.32 Å². The van der Waals surface area contributed by atoms with Crippen molar-refractivity contribution in [2.75, 3.05) is 19.0 Å². The van der Waals surface area contributed by atoms with Crippen molar-refractivity contribution in [2.24, 2.45) is 0 Å². The average molecular weight is 404 g/mol. The second-order valence-corrected chi connectivity index (χ2v) is 7.39. The Hall–Kier alpha value is -3.54. The molecule has 1 fully saturated rings. The van der Waals surface area contributed by atoms with Crippen LogP contribution in [0.4, 0.5) is 5.69 Å². The van der Waals surface area contributed by atoms with Gasteiger partial charge < -0.3 is 19.4 Å². The van der Waals surface area contributed by atoms with Crippen molar-refractivity contribution >= 4 is 17.5 Å². The van der Waals surface area contributed by atoms with E-state index in [0.717, 1.165) is 29.7 Å². The van der Waals surface area contributed by atoms with Gasteiger partial charge in [0.25, 0.3) is 11.8 Å². The summed E-state index contributed by atoms with van der Waals surface area (Å²) in [5, 5.41) is 2.84. The van der Waals surface area contributed by atoms with Crippen LogP contribution in [0.2, 0.25) is 0 Å². The number of nitrogens with one attached hydrogen (secondary N) is 1. The number of hydrogen-bond donors (Lipinski definition) is 1. The molecule has 0 saturated carbocycles. The van der Waals surface area contributed by atoms with Crippen LogP contribution in [-0.2, 0) is 0 Å². The summed E-state index contributed by atoms with van der Waals surface area (Å²) in [4.78, 5) is 27.6. The second kappa shape index (κ2) is 8.45. The molecular weight excluding hydrogens is 380 g/mol. The summed E-state index contributed by atoms with van der Waals surface area (Å²) < 4.78 is 10.4. The van der Waals surface area contributed by atoms with Crippen LogP contribution in [0.3, 0.4) is 0 Å². The molecule has 2 amide bonds. The topological polar surface area (TPSA) is 71.8 Å². The maximum absolute atomic E-state index is 13.3. The van der Waals surface area contributed by atoms with Crippen LogP contribution in [0.1, 0.15) is 50.9 Å².